The highest BCUT2D eigenvalue weighted by Gasteiger charge is 2.30. The Balaban J connectivity index is 1.64. The van der Waals surface area contributed by atoms with E-state index in [-0.39, 0.29) is 30.8 Å². The minimum absolute atomic E-state index is 0.0125. The van der Waals surface area contributed by atoms with Gasteiger partial charge in [-0.3, -0.25) is 14.6 Å². The highest BCUT2D eigenvalue weighted by molar-refractivity contribution is 6.18. The Kier molecular flexibility index (Phi) is 5.24. The maximum Gasteiger partial charge on any atom is 0.242 e. The van der Waals surface area contributed by atoms with E-state index >= 15 is 0 Å². The van der Waals surface area contributed by atoms with Crippen LogP contribution in [-0.2, 0) is 9.59 Å². The van der Waals surface area contributed by atoms with E-state index in [2.05, 4.69) is 6.92 Å². The number of fused-ring (bicyclic) bond motifs is 1. The number of anilines is 1. The van der Waals surface area contributed by atoms with E-state index in [1.165, 1.54) is 0 Å². The summed E-state index contributed by atoms with van der Waals surface area (Å²) >= 11 is 0. The number of carbonyl (C=O) groups is 2. The van der Waals surface area contributed by atoms with Crippen molar-refractivity contribution in [1.82, 2.24) is 4.90 Å². The van der Waals surface area contributed by atoms with Crippen molar-refractivity contribution in [1.29, 1.82) is 0 Å². The van der Waals surface area contributed by atoms with E-state index < -0.39 is 0 Å². The Bertz CT molecular complexity index is 907. The number of para-hydroxylation sites is 2. The molecule has 0 bridgehead atoms. The van der Waals surface area contributed by atoms with Gasteiger partial charge in [0, 0.05) is 12.6 Å². The highest BCUT2D eigenvalue weighted by Crippen LogP contribution is 2.33. The van der Waals surface area contributed by atoms with Gasteiger partial charge in [0.05, 0.1) is 23.5 Å². The molecule has 2 aliphatic heterocycles. The van der Waals surface area contributed by atoms with E-state index in [1.807, 2.05) is 59.5 Å². The van der Waals surface area contributed by atoms with Crippen molar-refractivity contribution < 1.29 is 9.59 Å². The van der Waals surface area contributed by atoms with Crippen LogP contribution in [0.5, 0.6) is 0 Å². The number of rotatable bonds is 3. The molecule has 4 rings (SSSR count). The van der Waals surface area contributed by atoms with E-state index in [1.54, 1.807) is 4.90 Å². The molecule has 28 heavy (non-hydrogen) atoms. The highest BCUT2D eigenvalue weighted by atomic mass is 16.2. The lowest BCUT2D eigenvalue weighted by atomic mass is 10.0. The predicted molar refractivity (Wildman–Crippen MR) is 111 cm³/mol. The zero-order chi connectivity index (χ0) is 19.5. The van der Waals surface area contributed by atoms with Gasteiger partial charge in [0.2, 0.25) is 11.8 Å². The molecule has 144 valence electrons. The summed E-state index contributed by atoms with van der Waals surface area (Å²) in [5.41, 5.74) is 3.10. The third-order valence-electron chi connectivity index (χ3n) is 5.57. The zero-order valence-corrected chi connectivity index (χ0v) is 16.2. The second-order valence-corrected chi connectivity index (χ2v) is 7.50. The molecule has 2 aliphatic rings. The van der Waals surface area contributed by atoms with Crippen molar-refractivity contribution in [2.75, 3.05) is 18.0 Å². The Morgan fingerprint density at radius 1 is 1.07 bits per heavy atom. The molecule has 0 unspecified atom stereocenters. The van der Waals surface area contributed by atoms with Gasteiger partial charge in [-0.1, -0.05) is 42.5 Å². The van der Waals surface area contributed by atoms with Crippen LogP contribution in [0, 0.1) is 0 Å². The SMILES string of the molecule is C[C@H]1CCCCN1C(=O)CN1C(=O)CC(c2ccccc2)=Nc2ccccc21. The average Bonchev–Trinajstić information content (AvgIpc) is 2.86. The third kappa shape index (κ3) is 3.70. The maximum absolute atomic E-state index is 13.1. The van der Waals surface area contributed by atoms with Crippen LogP contribution in [-0.4, -0.2) is 41.6 Å². The Morgan fingerprint density at radius 3 is 2.61 bits per heavy atom. The van der Waals surface area contributed by atoms with E-state index in [0.29, 0.717) is 5.69 Å². The number of nitrogens with zero attached hydrogens (tertiary/aromatic N) is 3. The summed E-state index contributed by atoms with van der Waals surface area (Å²) in [6, 6.07) is 17.6. The van der Waals surface area contributed by atoms with Crippen LogP contribution >= 0.6 is 0 Å². The molecule has 0 spiro atoms. The molecule has 0 aliphatic carbocycles. The summed E-state index contributed by atoms with van der Waals surface area (Å²) in [6.45, 7) is 2.93. The maximum atomic E-state index is 13.1. The number of aliphatic imine (C=N–C) groups is 1. The predicted octanol–water partition coefficient (Wildman–Crippen LogP) is 3.95. The monoisotopic (exact) mass is 375 g/mol. The van der Waals surface area contributed by atoms with Crippen molar-refractivity contribution in [3.63, 3.8) is 0 Å². The molecule has 2 amide bonds. The summed E-state index contributed by atoms with van der Waals surface area (Å²) in [6.07, 6.45) is 3.39. The molecule has 5 nitrogen and oxygen atoms in total. The van der Waals surface area contributed by atoms with Crippen LogP contribution < -0.4 is 4.90 Å². The number of hydrogen-bond acceptors (Lipinski definition) is 3. The van der Waals surface area contributed by atoms with Gasteiger partial charge in [-0.05, 0) is 43.9 Å². The molecule has 0 N–H and O–H groups in total. The standard InChI is InChI=1S/C23H25N3O2/c1-17-9-7-8-14-25(17)23(28)16-26-21-13-6-5-12-19(21)24-20(15-22(26)27)18-10-3-2-4-11-18/h2-6,10-13,17H,7-9,14-16H2,1H3/t17-/m0/s1. The molecule has 0 aromatic heterocycles. The van der Waals surface area contributed by atoms with Crippen LogP contribution in [0.2, 0.25) is 0 Å². The first-order valence-corrected chi connectivity index (χ1v) is 9.95. The summed E-state index contributed by atoms with van der Waals surface area (Å²) in [7, 11) is 0. The number of carbonyl (C=O) groups excluding carboxylic acids is 2. The van der Waals surface area contributed by atoms with Crippen LogP contribution in [0.1, 0.15) is 38.2 Å². The molecule has 5 heteroatoms. The molecule has 1 fully saturated rings. The van der Waals surface area contributed by atoms with E-state index in [4.69, 9.17) is 4.99 Å². The molecule has 2 heterocycles. The third-order valence-corrected chi connectivity index (χ3v) is 5.57. The van der Waals surface area contributed by atoms with Crippen molar-refractivity contribution >= 4 is 28.9 Å². The fraction of sp³-hybridized carbons (Fsp3) is 0.348. The molecular formula is C23H25N3O2. The number of amides is 2. The summed E-state index contributed by atoms with van der Waals surface area (Å²) in [4.78, 5) is 34.4. The Labute approximate surface area is 165 Å². The van der Waals surface area contributed by atoms with Crippen LogP contribution in [0.15, 0.2) is 59.6 Å². The first-order valence-electron chi connectivity index (χ1n) is 9.95. The molecule has 0 radical (unpaired) electrons. The zero-order valence-electron chi connectivity index (χ0n) is 16.2. The van der Waals surface area contributed by atoms with E-state index in [0.717, 1.165) is 42.8 Å². The van der Waals surface area contributed by atoms with Crippen molar-refractivity contribution in [2.45, 2.75) is 38.6 Å². The van der Waals surface area contributed by atoms with Gasteiger partial charge in [0.25, 0.3) is 0 Å². The number of piperidine rings is 1. The number of likely N-dealkylation sites (tertiary alicyclic amines) is 1. The molecule has 0 saturated carbocycles. The smallest absolute Gasteiger partial charge is 0.242 e. The molecular weight excluding hydrogens is 350 g/mol. The van der Waals surface area contributed by atoms with Gasteiger partial charge in [-0.25, -0.2) is 0 Å². The van der Waals surface area contributed by atoms with Gasteiger partial charge in [0.1, 0.15) is 6.54 Å². The lowest BCUT2D eigenvalue weighted by Gasteiger charge is -2.35. The minimum Gasteiger partial charge on any atom is -0.338 e. The Hall–Kier alpha value is -2.95. The summed E-state index contributed by atoms with van der Waals surface area (Å²) < 4.78 is 0. The molecule has 2 aromatic carbocycles. The van der Waals surface area contributed by atoms with E-state index in [9.17, 15) is 9.59 Å². The largest absolute Gasteiger partial charge is 0.338 e. The Morgan fingerprint density at radius 2 is 1.82 bits per heavy atom. The van der Waals surface area contributed by atoms with Gasteiger partial charge in [-0.15, -0.1) is 0 Å². The summed E-state index contributed by atoms with van der Waals surface area (Å²) in [5.74, 6) is -0.0796. The summed E-state index contributed by atoms with van der Waals surface area (Å²) in [5, 5.41) is 0. The quantitative estimate of drug-likeness (QED) is 0.816. The average molecular weight is 375 g/mol. The molecule has 1 saturated heterocycles. The van der Waals surface area contributed by atoms with Crippen molar-refractivity contribution in [3.05, 3.63) is 60.2 Å². The fourth-order valence-corrected chi connectivity index (χ4v) is 4.01. The second-order valence-electron chi connectivity index (χ2n) is 7.50. The fourth-order valence-electron chi connectivity index (χ4n) is 4.01. The van der Waals surface area contributed by atoms with Crippen LogP contribution in [0.4, 0.5) is 11.4 Å². The first-order chi connectivity index (χ1) is 13.6. The normalized spacial score (nSPS) is 19.7. The topological polar surface area (TPSA) is 53.0 Å². The van der Waals surface area contributed by atoms with Gasteiger partial charge in [-0.2, -0.15) is 0 Å². The molecule has 2 aromatic rings. The van der Waals surface area contributed by atoms with Crippen molar-refractivity contribution in [2.24, 2.45) is 4.99 Å². The van der Waals surface area contributed by atoms with Crippen LogP contribution in [0.25, 0.3) is 0 Å². The number of hydrogen-bond donors (Lipinski definition) is 0. The molecule has 1 atom stereocenters. The second kappa shape index (κ2) is 7.97. The minimum atomic E-state index is -0.0921. The van der Waals surface area contributed by atoms with Crippen molar-refractivity contribution in [3.8, 4) is 0 Å². The lowest BCUT2D eigenvalue weighted by molar-refractivity contribution is -0.134. The van der Waals surface area contributed by atoms with Gasteiger partial charge >= 0.3 is 0 Å². The first kappa shape index (κ1) is 18.4. The number of benzene rings is 2. The van der Waals surface area contributed by atoms with Gasteiger partial charge < -0.3 is 9.80 Å². The van der Waals surface area contributed by atoms with Crippen LogP contribution in [0.3, 0.4) is 0 Å². The van der Waals surface area contributed by atoms with Gasteiger partial charge in [0.15, 0.2) is 0 Å². The lowest BCUT2D eigenvalue weighted by Crippen LogP contribution is -2.48.